The molecule has 0 aliphatic rings. The number of hydrogen-bond donors (Lipinski definition) is 2. The number of nitrogens with two attached hydrogens (primary N) is 1. The maximum atomic E-state index is 12.1. The molecule has 0 spiro atoms. The Morgan fingerprint density at radius 3 is 2.46 bits per heavy atom. The van der Waals surface area contributed by atoms with E-state index >= 15 is 0 Å². The Kier molecular flexibility index (Phi) is 6.85. The zero-order chi connectivity index (χ0) is 19.0. The van der Waals surface area contributed by atoms with Gasteiger partial charge in [0.05, 0.1) is 20.3 Å². The molecular formula is C18H20F3N3O2. The maximum absolute atomic E-state index is 12.1. The third-order valence-electron chi connectivity index (χ3n) is 3.32. The first-order chi connectivity index (χ1) is 12.4. The normalized spacial score (nSPS) is 12.1. The van der Waals surface area contributed by atoms with Crippen molar-refractivity contribution in [3.05, 3.63) is 59.7 Å². The molecule has 26 heavy (non-hydrogen) atoms. The van der Waals surface area contributed by atoms with Crippen molar-refractivity contribution in [3.63, 3.8) is 0 Å². The molecule has 0 atom stereocenters. The molecule has 2 aromatic rings. The average molecular weight is 367 g/mol. The van der Waals surface area contributed by atoms with Crippen LogP contribution >= 0.6 is 0 Å². The van der Waals surface area contributed by atoms with Gasteiger partial charge in [-0.05, 0) is 35.4 Å². The number of methoxy groups -OCH3 is 1. The summed E-state index contributed by atoms with van der Waals surface area (Å²) >= 11 is 0. The SMILES string of the molecule is COc1ccc(NC(N)=NCc2cccc(COCC(F)(F)F)c2)cc1. The number of rotatable bonds is 7. The second-order valence-corrected chi connectivity index (χ2v) is 5.48. The Morgan fingerprint density at radius 2 is 1.81 bits per heavy atom. The van der Waals surface area contributed by atoms with Gasteiger partial charge >= 0.3 is 6.18 Å². The van der Waals surface area contributed by atoms with E-state index in [4.69, 9.17) is 10.5 Å². The zero-order valence-electron chi connectivity index (χ0n) is 14.2. The molecule has 0 saturated heterocycles. The van der Waals surface area contributed by atoms with Gasteiger partial charge < -0.3 is 20.5 Å². The molecule has 2 rings (SSSR count). The second kappa shape index (κ2) is 9.10. The fraction of sp³-hybridized carbons (Fsp3) is 0.278. The molecule has 3 N–H and O–H groups in total. The van der Waals surface area contributed by atoms with Crippen LogP contribution in [-0.4, -0.2) is 25.9 Å². The Bertz CT molecular complexity index is 731. The third-order valence-corrected chi connectivity index (χ3v) is 3.32. The molecule has 0 heterocycles. The molecule has 0 amide bonds. The van der Waals surface area contributed by atoms with Crippen LogP contribution in [0.15, 0.2) is 53.5 Å². The Hall–Kier alpha value is -2.74. The van der Waals surface area contributed by atoms with Crippen molar-refractivity contribution in [2.45, 2.75) is 19.3 Å². The zero-order valence-corrected chi connectivity index (χ0v) is 14.2. The van der Waals surface area contributed by atoms with Crippen LogP contribution in [0.5, 0.6) is 5.75 Å². The first kappa shape index (κ1) is 19.6. The molecule has 0 bridgehead atoms. The van der Waals surface area contributed by atoms with Gasteiger partial charge in [0.1, 0.15) is 12.4 Å². The van der Waals surface area contributed by atoms with Crippen LogP contribution in [0.4, 0.5) is 18.9 Å². The van der Waals surface area contributed by atoms with E-state index in [0.29, 0.717) is 12.1 Å². The van der Waals surface area contributed by atoms with Gasteiger partial charge in [0.25, 0.3) is 0 Å². The fourth-order valence-corrected chi connectivity index (χ4v) is 2.14. The second-order valence-electron chi connectivity index (χ2n) is 5.48. The van der Waals surface area contributed by atoms with E-state index < -0.39 is 12.8 Å². The lowest BCUT2D eigenvalue weighted by Crippen LogP contribution is -2.22. The van der Waals surface area contributed by atoms with Crippen LogP contribution in [0.1, 0.15) is 11.1 Å². The predicted octanol–water partition coefficient (Wildman–Crippen LogP) is 3.70. The van der Waals surface area contributed by atoms with E-state index in [1.54, 1.807) is 49.6 Å². The highest BCUT2D eigenvalue weighted by atomic mass is 19.4. The van der Waals surface area contributed by atoms with Crippen molar-refractivity contribution < 1.29 is 22.6 Å². The molecule has 8 heteroatoms. The van der Waals surface area contributed by atoms with Crippen LogP contribution in [0.25, 0.3) is 0 Å². The molecule has 2 aromatic carbocycles. The number of hydrogen-bond acceptors (Lipinski definition) is 3. The number of halogens is 3. The fourth-order valence-electron chi connectivity index (χ4n) is 2.14. The van der Waals surface area contributed by atoms with E-state index in [-0.39, 0.29) is 12.6 Å². The molecule has 0 fully saturated rings. The summed E-state index contributed by atoms with van der Waals surface area (Å²) in [4.78, 5) is 4.22. The van der Waals surface area contributed by atoms with Gasteiger partial charge in [0.2, 0.25) is 0 Å². The van der Waals surface area contributed by atoms with Crippen LogP contribution in [0.2, 0.25) is 0 Å². The van der Waals surface area contributed by atoms with E-state index in [0.717, 1.165) is 17.0 Å². The standard InChI is InChI=1S/C18H20F3N3O2/c1-25-16-7-5-15(6-8-16)24-17(22)23-10-13-3-2-4-14(9-13)11-26-12-18(19,20)21/h2-9H,10-12H2,1H3,(H3,22,23,24). The first-order valence-corrected chi connectivity index (χ1v) is 7.79. The molecule has 0 unspecified atom stereocenters. The lowest BCUT2D eigenvalue weighted by molar-refractivity contribution is -0.176. The average Bonchev–Trinajstić information content (AvgIpc) is 2.60. The molecular weight excluding hydrogens is 347 g/mol. The van der Waals surface area contributed by atoms with Gasteiger partial charge in [-0.3, -0.25) is 0 Å². The van der Waals surface area contributed by atoms with Crippen LogP contribution < -0.4 is 15.8 Å². The maximum Gasteiger partial charge on any atom is 0.411 e. The number of nitrogens with one attached hydrogen (secondary N) is 1. The number of anilines is 1. The Morgan fingerprint density at radius 1 is 1.12 bits per heavy atom. The summed E-state index contributed by atoms with van der Waals surface area (Å²) in [5.41, 5.74) is 8.07. The van der Waals surface area contributed by atoms with Gasteiger partial charge in [0, 0.05) is 5.69 Å². The quantitative estimate of drug-likeness (QED) is 0.578. The lowest BCUT2D eigenvalue weighted by Gasteiger charge is -2.09. The van der Waals surface area contributed by atoms with Crippen molar-refractivity contribution in [2.75, 3.05) is 19.0 Å². The summed E-state index contributed by atoms with van der Waals surface area (Å²) < 4.78 is 46.0. The summed E-state index contributed by atoms with van der Waals surface area (Å²) in [6.07, 6.45) is -4.33. The number of guanidine groups is 1. The van der Waals surface area contributed by atoms with Gasteiger partial charge in [-0.2, -0.15) is 13.2 Å². The van der Waals surface area contributed by atoms with Gasteiger partial charge in [-0.15, -0.1) is 0 Å². The number of aliphatic imine (C=N–C) groups is 1. The van der Waals surface area contributed by atoms with Crippen LogP contribution in [-0.2, 0) is 17.9 Å². The summed E-state index contributed by atoms with van der Waals surface area (Å²) in [7, 11) is 1.58. The largest absolute Gasteiger partial charge is 0.497 e. The lowest BCUT2D eigenvalue weighted by atomic mass is 10.1. The van der Waals surface area contributed by atoms with E-state index in [1.165, 1.54) is 0 Å². The first-order valence-electron chi connectivity index (χ1n) is 7.79. The minimum absolute atomic E-state index is 0.114. The van der Waals surface area contributed by atoms with Crippen molar-refractivity contribution in [1.29, 1.82) is 0 Å². The molecule has 0 aliphatic carbocycles. The Balaban J connectivity index is 1.88. The predicted molar refractivity (Wildman–Crippen MR) is 94.1 cm³/mol. The van der Waals surface area contributed by atoms with Crippen LogP contribution in [0, 0.1) is 0 Å². The highest BCUT2D eigenvalue weighted by Crippen LogP contribution is 2.17. The van der Waals surface area contributed by atoms with Crippen molar-refractivity contribution in [3.8, 4) is 5.75 Å². The third kappa shape index (κ3) is 7.02. The number of benzene rings is 2. The molecule has 140 valence electrons. The minimum atomic E-state index is -4.33. The van der Waals surface area contributed by atoms with Gasteiger partial charge in [0.15, 0.2) is 5.96 Å². The Labute approximate surface area is 149 Å². The molecule has 0 aliphatic heterocycles. The van der Waals surface area contributed by atoms with Gasteiger partial charge in [-0.25, -0.2) is 4.99 Å². The molecule has 5 nitrogen and oxygen atoms in total. The van der Waals surface area contributed by atoms with Crippen LogP contribution in [0.3, 0.4) is 0 Å². The van der Waals surface area contributed by atoms with Crippen molar-refractivity contribution in [1.82, 2.24) is 0 Å². The highest BCUT2D eigenvalue weighted by Gasteiger charge is 2.27. The monoisotopic (exact) mass is 367 g/mol. The van der Waals surface area contributed by atoms with Gasteiger partial charge in [-0.1, -0.05) is 24.3 Å². The number of ether oxygens (including phenoxy) is 2. The molecule has 0 aromatic heterocycles. The van der Waals surface area contributed by atoms with E-state index in [9.17, 15) is 13.2 Å². The number of alkyl halides is 3. The highest BCUT2D eigenvalue weighted by molar-refractivity contribution is 5.92. The molecule has 0 radical (unpaired) electrons. The topological polar surface area (TPSA) is 68.9 Å². The van der Waals surface area contributed by atoms with E-state index in [1.807, 2.05) is 6.07 Å². The number of nitrogens with zero attached hydrogens (tertiary/aromatic N) is 1. The van der Waals surface area contributed by atoms with Crippen molar-refractivity contribution in [2.24, 2.45) is 10.7 Å². The smallest absolute Gasteiger partial charge is 0.411 e. The summed E-state index contributed by atoms with van der Waals surface area (Å²) in [5.74, 6) is 0.963. The minimum Gasteiger partial charge on any atom is -0.497 e. The van der Waals surface area contributed by atoms with E-state index in [2.05, 4.69) is 15.0 Å². The summed E-state index contributed by atoms with van der Waals surface area (Å²) in [5, 5.41) is 2.95. The van der Waals surface area contributed by atoms with Crippen molar-refractivity contribution >= 4 is 11.6 Å². The summed E-state index contributed by atoms with van der Waals surface area (Å²) in [6.45, 7) is -1.09. The summed E-state index contributed by atoms with van der Waals surface area (Å²) in [6, 6.07) is 14.2. The molecule has 0 saturated carbocycles.